The molecule has 1 aromatic rings. The average Bonchev–Trinajstić information content (AvgIpc) is 3.12. The highest BCUT2D eigenvalue weighted by atomic mass is 35.5. The van der Waals surface area contributed by atoms with Crippen LogP contribution in [0.1, 0.15) is 44.1 Å². The molecule has 1 saturated carbocycles. The van der Waals surface area contributed by atoms with Crippen LogP contribution < -0.4 is 4.90 Å². The van der Waals surface area contributed by atoms with Gasteiger partial charge in [0, 0.05) is 26.3 Å². The number of halogens is 2. The average molecular weight is 370 g/mol. The number of carbonyl (C=O) groups is 1. The number of carbonyl (C=O) groups excluding carboxylic acids is 1. The summed E-state index contributed by atoms with van der Waals surface area (Å²) in [6, 6.07) is 6.46. The van der Waals surface area contributed by atoms with Crippen LogP contribution in [0.2, 0.25) is 10.0 Å². The minimum atomic E-state index is 0.184. The third-order valence-corrected chi connectivity index (χ3v) is 6.47. The molecule has 2 atom stereocenters. The standard InChI is InChI=1S/C19H26Cl2N2O/c1-22(19(24)13-14-8-9-15(20)16(21)12-14)17-6-2-3-7-18(17)23-10-4-5-11-23/h8-9,12,17-18H,2-7,10-11,13H2,1H3/p+1/t17-,18-/m0/s1. The van der Waals surface area contributed by atoms with Gasteiger partial charge in [-0.1, -0.05) is 35.7 Å². The van der Waals surface area contributed by atoms with E-state index in [0.717, 1.165) is 12.0 Å². The molecule has 132 valence electrons. The van der Waals surface area contributed by atoms with Crippen LogP contribution >= 0.6 is 23.2 Å². The van der Waals surface area contributed by atoms with E-state index in [-0.39, 0.29) is 5.91 Å². The molecule has 0 spiro atoms. The van der Waals surface area contributed by atoms with E-state index < -0.39 is 0 Å². The molecule has 1 aliphatic carbocycles. The van der Waals surface area contributed by atoms with E-state index in [2.05, 4.69) is 0 Å². The van der Waals surface area contributed by atoms with Crippen molar-refractivity contribution in [2.75, 3.05) is 20.1 Å². The van der Waals surface area contributed by atoms with Crippen LogP contribution in [0.5, 0.6) is 0 Å². The second kappa shape index (κ2) is 8.07. The molecule has 0 aromatic heterocycles. The summed E-state index contributed by atoms with van der Waals surface area (Å²) in [4.78, 5) is 16.5. The zero-order valence-corrected chi connectivity index (χ0v) is 15.9. The summed E-state index contributed by atoms with van der Waals surface area (Å²) < 4.78 is 0. The largest absolute Gasteiger partial charge is 0.337 e. The van der Waals surface area contributed by atoms with Crippen molar-refractivity contribution < 1.29 is 9.69 Å². The Morgan fingerprint density at radius 2 is 1.83 bits per heavy atom. The van der Waals surface area contributed by atoms with Gasteiger partial charge in [0.1, 0.15) is 6.04 Å². The topological polar surface area (TPSA) is 24.8 Å². The summed E-state index contributed by atoms with van der Waals surface area (Å²) in [6.45, 7) is 2.55. The number of likely N-dealkylation sites (N-methyl/N-ethyl adjacent to an activating group) is 1. The maximum absolute atomic E-state index is 12.8. The van der Waals surface area contributed by atoms with Crippen molar-refractivity contribution in [1.82, 2.24) is 4.90 Å². The van der Waals surface area contributed by atoms with Crippen LogP contribution in [0.4, 0.5) is 0 Å². The molecule has 1 N–H and O–H groups in total. The summed E-state index contributed by atoms with van der Waals surface area (Å²) >= 11 is 12.0. The van der Waals surface area contributed by atoms with Crippen LogP contribution in [0.25, 0.3) is 0 Å². The second-order valence-corrected chi connectivity index (χ2v) is 8.07. The molecular formula is C19H27Cl2N2O+. The van der Waals surface area contributed by atoms with Crippen molar-refractivity contribution in [3.05, 3.63) is 33.8 Å². The van der Waals surface area contributed by atoms with Crippen molar-refractivity contribution in [1.29, 1.82) is 0 Å². The number of nitrogens with zero attached hydrogens (tertiary/aromatic N) is 1. The molecule has 0 radical (unpaired) electrons. The first-order valence-electron chi connectivity index (χ1n) is 9.10. The Hall–Kier alpha value is -0.770. The van der Waals surface area contributed by atoms with Crippen LogP contribution in [0.3, 0.4) is 0 Å². The molecule has 2 aliphatic rings. The first-order chi connectivity index (χ1) is 11.6. The van der Waals surface area contributed by atoms with Crippen LogP contribution in [0.15, 0.2) is 18.2 Å². The molecule has 2 fully saturated rings. The predicted octanol–water partition coefficient (Wildman–Crippen LogP) is 2.98. The lowest BCUT2D eigenvalue weighted by atomic mass is 9.88. The van der Waals surface area contributed by atoms with E-state index in [0.29, 0.717) is 28.5 Å². The minimum absolute atomic E-state index is 0.184. The zero-order valence-electron chi connectivity index (χ0n) is 14.4. The summed E-state index contributed by atoms with van der Waals surface area (Å²) in [7, 11) is 1.98. The first-order valence-corrected chi connectivity index (χ1v) is 9.86. The van der Waals surface area contributed by atoms with Gasteiger partial charge in [-0.25, -0.2) is 0 Å². The van der Waals surface area contributed by atoms with Gasteiger partial charge < -0.3 is 9.80 Å². The van der Waals surface area contributed by atoms with Gasteiger partial charge in [-0.15, -0.1) is 0 Å². The fraction of sp³-hybridized carbons (Fsp3) is 0.632. The van der Waals surface area contributed by atoms with E-state index in [1.807, 2.05) is 18.0 Å². The SMILES string of the molecule is CN(C(=O)Cc1ccc(Cl)c(Cl)c1)[C@H]1CCCC[C@@H]1[NH+]1CCCC1. The summed E-state index contributed by atoms with van der Waals surface area (Å²) in [5.41, 5.74) is 0.933. The molecule has 1 aromatic carbocycles. The molecule has 3 nitrogen and oxygen atoms in total. The van der Waals surface area contributed by atoms with Gasteiger partial charge >= 0.3 is 0 Å². The highest BCUT2D eigenvalue weighted by molar-refractivity contribution is 6.42. The van der Waals surface area contributed by atoms with E-state index in [4.69, 9.17) is 23.2 Å². The van der Waals surface area contributed by atoms with Gasteiger partial charge in [0.2, 0.25) is 5.91 Å². The third-order valence-electron chi connectivity index (χ3n) is 5.73. The van der Waals surface area contributed by atoms with E-state index in [1.165, 1.54) is 45.2 Å². The lowest BCUT2D eigenvalue weighted by Crippen LogP contribution is -3.15. The molecule has 0 unspecified atom stereocenters. The number of hydrogen-bond acceptors (Lipinski definition) is 1. The number of benzene rings is 1. The summed E-state index contributed by atoms with van der Waals surface area (Å²) in [5, 5.41) is 1.05. The molecule has 1 aliphatic heterocycles. The monoisotopic (exact) mass is 369 g/mol. The van der Waals surface area contributed by atoms with Crippen molar-refractivity contribution >= 4 is 29.1 Å². The van der Waals surface area contributed by atoms with E-state index in [1.54, 1.807) is 17.0 Å². The molecular weight excluding hydrogens is 343 g/mol. The number of quaternary nitrogens is 1. The highest BCUT2D eigenvalue weighted by Gasteiger charge is 2.38. The van der Waals surface area contributed by atoms with Gasteiger partial charge in [-0.05, 0) is 30.5 Å². The highest BCUT2D eigenvalue weighted by Crippen LogP contribution is 2.25. The zero-order chi connectivity index (χ0) is 17.1. The molecule has 5 heteroatoms. The van der Waals surface area contributed by atoms with E-state index in [9.17, 15) is 4.79 Å². The Morgan fingerprint density at radius 3 is 2.54 bits per heavy atom. The van der Waals surface area contributed by atoms with Crippen LogP contribution in [-0.2, 0) is 11.2 Å². The van der Waals surface area contributed by atoms with Crippen molar-refractivity contribution in [3.8, 4) is 0 Å². The Labute approximate surface area is 154 Å². The third kappa shape index (κ3) is 4.07. The maximum Gasteiger partial charge on any atom is 0.227 e. The molecule has 0 bridgehead atoms. The number of nitrogens with one attached hydrogen (secondary N) is 1. The number of likely N-dealkylation sites (tertiary alicyclic amines) is 1. The fourth-order valence-electron chi connectivity index (χ4n) is 4.38. The molecule has 1 saturated heterocycles. The van der Waals surface area contributed by atoms with Crippen molar-refractivity contribution in [3.63, 3.8) is 0 Å². The fourth-order valence-corrected chi connectivity index (χ4v) is 4.71. The number of amides is 1. The smallest absolute Gasteiger partial charge is 0.227 e. The molecule has 1 amide bonds. The van der Waals surface area contributed by atoms with Crippen LogP contribution in [0, 0.1) is 0 Å². The summed E-state index contributed by atoms with van der Waals surface area (Å²) in [6.07, 6.45) is 7.99. The molecule has 3 rings (SSSR count). The van der Waals surface area contributed by atoms with Gasteiger partial charge in [0.25, 0.3) is 0 Å². The van der Waals surface area contributed by atoms with Gasteiger partial charge in [0.05, 0.1) is 35.6 Å². The first kappa shape index (κ1) is 18.0. The van der Waals surface area contributed by atoms with Crippen molar-refractivity contribution in [2.45, 2.75) is 57.0 Å². The predicted molar refractivity (Wildman–Crippen MR) is 98.9 cm³/mol. The molecule has 24 heavy (non-hydrogen) atoms. The summed E-state index contributed by atoms with van der Waals surface area (Å²) in [5.74, 6) is 0.184. The second-order valence-electron chi connectivity index (χ2n) is 7.25. The Kier molecular flexibility index (Phi) is 6.07. The normalized spacial score (nSPS) is 25.0. The van der Waals surface area contributed by atoms with Crippen LogP contribution in [-0.4, -0.2) is 43.0 Å². The lowest BCUT2D eigenvalue weighted by molar-refractivity contribution is -0.916. The van der Waals surface area contributed by atoms with Gasteiger partial charge in [-0.3, -0.25) is 4.79 Å². The molecule has 1 heterocycles. The minimum Gasteiger partial charge on any atom is -0.337 e. The van der Waals surface area contributed by atoms with Gasteiger partial charge in [-0.2, -0.15) is 0 Å². The van der Waals surface area contributed by atoms with Gasteiger partial charge in [0.15, 0.2) is 0 Å². The Morgan fingerprint density at radius 1 is 1.12 bits per heavy atom. The maximum atomic E-state index is 12.8. The quantitative estimate of drug-likeness (QED) is 0.866. The number of hydrogen-bond donors (Lipinski definition) is 1. The Balaban J connectivity index is 1.67. The van der Waals surface area contributed by atoms with Crippen molar-refractivity contribution in [2.24, 2.45) is 0 Å². The Bertz CT molecular complexity index is 587. The lowest BCUT2D eigenvalue weighted by Gasteiger charge is -2.40. The van der Waals surface area contributed by atoms with E-state index >= 15 is 0 Å². The number of rotatable bonds is 4.